The summed E-state index contributed by atoms with van der Waals surface area (Å²) in [5, 5.41) is 1.02. The van der Waals surface area contributed by atoms with E-state index in [1.54, 1.807) is 6.20 Å². The average Bonchev–Trinajstić information content (AvgIpc) is 2.70. The van der Waals surface area contributed by atoms with Crippen molar-refractivity contribution in [1.29, 1.82) is 0 Å². The first-order chi connectivity index (χ1) is 8.90. The van der Waals surface area contributed by atoms with Crippen molar-refractivity contribution < 1.29 is 9.53 Å². The van der Waals surface area contributed by atoms with Gasteiger partial charge in [-0.1, -0.05) is 6.07 Å². The Labute approximate surface area is 125 Å². The molecular weight excluding hydrogens is 276 g/mol. The van der Waals surface area contributed by atoms with Gasteiger partial charge in [-0.2, -0.15) is 0 Å². The minimum Gasteiger partial charge on any atom is -0.443 e. The first-order valence-corrected chi connectivity index (χ1v) is 6.44. The van der Waals surface area contributed by atoms with Crippen molar-refractivity contribution in [2.24, 2.45) is 5.73 Å². The molecule has 0 aliphatic heterocycles. The van der Waals surface area contributed by atoms with Crippen molar-refractivity contribution in [2.75, 3.05) is 6.54 Å². The van der Waals surface area contributed by atoms with Crippen molar-refractivity contribution in [1.82, 2.24) is 4.57 Å². The third kappa shape index (κ3) is 3.74. The number of carbonyl (C=O) groups excluding carboxylic acids is 1. The zero-order valence-electron chi connectivity index (χ0n) is 12.1. The minimum atomic E-state index is -0.493. The smallest absolute Gasteiger partial charge is 0.418 e. The molecule has 0 saturated carbocycles. The van der Waals surface area contributed by atoms with E-state index in [2.05, 4.69) is 6.07 Å². The van der Waals surface area contributed by atoms with Gasteiger partial charge in [-0.15, -0.1) is 12.4 Å². The summed E-state index contributed by atoms with van der Waals surface area (Å²) in [7, 11) is 0. The van der Waals surface area contributed by atoms with Crippen LogP contribution >= 0.6 is 12.4 Å². The topological polar surface area (TPSA) is 57.2 Å². The molecule has 0 aliphatic carbocycles. The van der Waals surface area contributed by atoms with Crippen LogP contribution in [0.25, 0.3) is 10.9 Å². The monoisotopic (exact) mass is 296 g/mol. The summed E-state index contributed by atoms with van der Waals surface area (Å²) in [5.74, 6) is 0. The van der Waals surface area contributed by atoms with Crippen molar-refractivity contribution in [2.45, 2.75) is 32.8 Å². The first-order valence-electron chi connectivity index (χ1n) is 6.44. The second-order valence-electron chi connectivity index (χ2n) is 5.60. The largest absolute Gasteiger partial charge is 0.443 e. The maximum Gasteiger partial charge on any atom is 0.418 e. The first kappa shape index (κ1) is 16.5. The molecule has 1 aromatic carbocycles. The molecule has 1 heterocycles. The van der Waals surface area contributed by atoms with E-state index in [4.69, 9.17) is 10.5 Å². The van der Waals surface area contributed by atoms with Crippen LogP contribution in [0.1, 0.15) is 26.3 Å². The Hall–Kier alpha value is -1.52. The molecule has 0 spiro atoms. The Kier molecular flexibility index (Phi) is 5.20. The summed E-state index contributed by atoms with van der Waals surface area (Å²) in [4.78, 5) is 12.1. The van der Waals surface area contributed by atoms with Gasteiger partial charge in [0, 0.05) is 11.6 Å². The summed E-state index contributed by atoms with van der Waals surface area (Å²) in [6.45, 7) is 6.19. The van der Waals surface area contributed by atoms with Gasteiger partial charge in [0.15, 0.2) is 0 Å². The van der Waals surface area contributed by atoms with Crippen LogP contribution in [-0.2, 0) is 11.2 Å². The summed E-state index contributed by atoms with van der Waals surface area (Å²) >= 11 is 0. The second kappa shape index (κ2) is 6.29. The van der Waals surface area contributed by atoms with E-state index in [1.807, 2.05) is 39.0 Å². The summed E-state index contributed by atoms with van der Waals surface area (Å²) < 4.78 is 6.91. The van der Waals surface area contributed by atoms with Crippen LogP contribution in [0.4, 0.5) is 4.79 Å². The van der Waals surface area contributed by atoms with E-state index in [-0.39, 0.29) is 18.5 Å². The van der Waals surface area contributed by atoms with Gasteiger partial charge >= 0.3 is 6.09 Å². The molecule has 5 heteroatoms. The zero-order chi connectivity index (χ0) is 14.0. The van der Waals surface area contributed by atoms with Crippen molar-refractivity contribution in [3.05, 3.63) is 36.0 Å². The predicted molar refractivity (Wildman–Crippen MR) is 83.6 cm³/mol. The maximum absolute atomic E-state index is 12.1. The lowest BCUT2D eigenvalue weighted by Gasteiger charge is -2.19. The molecule has 0 fully saturated rings. The lowest BCUT2D eigenvalue weighted by atomic mass is 10.1. The van der Waals surface area contributed by atoms with Gasteiger partial charge in [-0.05, 0) is 57.5 Å². The number of hydrogen-bond donors (Lipinski definition) is 1. The van der Waals surface area contributed by atoms with E-state index >= 15 is 0 Å². The van der Waals surface area contributed by atoms with Crippen LogP contribution < -0.4 is 5.73 Å². The zero-order valence-corrected chi connectivity index (χ0v) is 12.9. The number of hydrogen-bond acceptors (Lipinski definition) is 3. The Morgan fingerprint density at radius 2 is 2.00 bits per heavy atom. The second-order valence-corrected chi connectivity index (χ2v) is 5.60. The van der Waals surface area contributed by atoms with Crippen molar-refractivity contribution in [3.8, 4) is 0 Å². The minimum absolute atomic E-state index is 0. The lowest BCUT2D eigenvalue weighted by molar-refractivity contribution is 0.0544. The van der Waals surface area contributed by atoms with Crippen LogP contribution in [0.5, 0.6) is 0 Å². The third-order valence-electron chi connectivity index (χ3n) is 2.78. The van der Waals surface area contributed by atoms with Gasteiger partial charge in [-0.25, -0.2) is 4.79 Å². The van der Waals surface area contributed by atoms with Gasteiger partial charge < -0.3 is 10.5 Å². The fourth-order valence-electron chi connectivity index (χ4n) is 1.98. The van der Waals surface area contributed by atoms with Gasteiger partial charge in [0.25, 0.3) is 0 Å². The van der Waals surface area contributed by atoms with Crippen LogP contribution in [0.15, 0.2) is 30.5 Å². The summed E-state index contributed by atoms with van der Waals surface area (Å²) in [6, 6.07) is 7.91. The number of halogens is 1. The Bertz CT molecular complexity index is 599. The summed E-state index contributed by atoms with van der Waals surface area (Å²) in [6.07, 6.45) is 2.23. The molecule has 4 nitrogen and oxygen atoms in total. The molecule has 0 atom stereocenters. The third-order valence-corrected chi connectivity index (χ3v) is 2.78. The summed E-state index contributed by atoms with van der Waals surface area (Å²) in [5.41, 5.74) is 7.09. The van der Waals surface area contributed by atoms with Crippen molar-refractivity contribution >= 4 is 29.4 Å². The van der Waals surface area contributed by atoms with Crippen LogP contribution in [-0.4, -0.2) is 22.8 Å². The molecule has 0 unspecified atom stereocenters. The number of aromatic nitrogens is 1. The molecule has 0 saturated heterocycles. The van der Waals surface area contributed by atoms with E-state index < -0.39 is 5.60 Å². The van der Waals surface area contributed by atoms with Crippen molar-refractivity contribution in [3.63, 3.8) is 0 Å². The van der Waals surface area contributed by atoms with Crippen LogP contribution in [0.3, 0.4) is 0 Å². The molecule has 2 aromatic rings. The molecule has 2 N–H and O–H groups in total. The number of fused-ring (bicyclic) bond motifs is 1. The molecule has 1 aromatic heterocycles. The standard InChI is InChI=1S/C15H20N2O2.ClH/c1-15(2,3)19-14(18)17-9-7-12-10-11(6-8-16)4-5-13(12)17;/h4-5,7,9-10H,6,8,16H2,1-3H3;1H. The number of benzene rings is 1. The number of rotatable bonds is 2. The van der Waals surface area contributed by atoms with E-state index in [1.165, 1.54) is 10.1 Å². The highest BCUT2D eigenvalue weighted by Crippen LogP contribution is 2.19. The highest BCUT2D eigenvalue weighted by molar-refractivity contribution is 5.89. The Balaban J connectivity index is 0.00000200. The van der Waals surface area contributed by atoms with E-state index in [0.29, 0.717) is 6.54 Å². The molecule has 0 aliphatic rings. The van der Waals surface area contributed by atoms with Crippen LogP contribution in [0, 0.1) is 0 Å². The number of nitrogens with two attached hydrogens (primary N) is 1. The van der Waals surface area contributed by atoms with E-state index in [9.17, 15) is 4.79 Å². The van der Waals surface area contributed by atoms with Gasteiger partial charge in [-0.3, -0.25) is 4.57 Å². The molecule has 0 amide bonds. The maximum atomic E-state index is 12.1. The Morgan fingerprint density at radius 1 is 1.30 bits per heavy atom. The molecule has 2 rings (SSSR count). The van der Waals surface area contributed by atoms with Crippen LogP contribution in [0.2, 0.25) is 0 Å². The van der Waals surface area contributed by atoms with Gasteiger partial charge in [0.1, 0.15) is 5.60 Å². The molecule has 110 valence electrons. The normalized spacial score (nSPS) is 11.2. The lowest BCUT2D eigenvalue weighted by Crippen LogP contribution is -2.26. The number of carbonyl (C=O) groups is 1. The average molecular weight is 297 g/mol. The Morgan fingerprint density at radius 3 is 2.60 bits per heavy atom. The molecular formula is C15H21ClN2O2. The molecule has 20 heavy (non-hydrogen) atoms. The fraction of sp³-hybridized carbons (Fsp3) is 0.400. The highest BCUT2D eigenvalue weighted by atomic mass is 35.5. The number of nitrogens with zero attached hydrogens (tertiary/aromatic N) is 1. The number of ether oxygens (including phenoxy) is 1. The highest BCUT2D eigenvalue weighted by Gasteiger charge is 2.18. The fourth-order valence-corrected chi connectivity index (χ4v) is 1.98. The van der Waals surface area contributed by atoms with Gasteiger partial charge in [0.05, 0.1) is 5.52 Å². The molecule has 0 radical (unpaired) electrons. The predicted octanol–water partition coefficient (Wildman–Crippen LogP) is 3.35. The SMILES string of the molecule is CC(C)(C)OC(=O)n1ccc2cc(CCN)ccc21.Cl. The van der Waals surface area contributed by atoms with E-state index in [0.717, 1.165) is 17.3 Å². The van der Waals surface area contributed by atoms with Gasteiger partial charge in [0.2, 0.25) is 0 Å². The molecule has 0 bridgehead atoms. The quantitative estimate of drug-likeness (QED) is 0.924.